The molecular formula is C26H30N4O4. The predicted octanol–water partition coefficient (Wildman–Crippen LogP) is 2.84. The molecule has 3 heterocycles. The molecule has 2 aliphatic rings. The molecule has 1 saturated heterocycles. The van der Waals surface area contributed by atoms with Gasteiger partial charge in [-0.15, -0.1) is 0 Å². The first-order valence-corrected chi connectivity index (χ1v) is 11.8. The van der Waals surface area contributed by atoms with E-state index in [4.69, 9.17) is 9.47 Å². The Bertz CT molecular complexity index is 1180. The molecule has 3 aromatic rings. The highest BCUT2D eigenvalue weighted by atomic mass is 16.5. The van der Waals surface area contributed by atoms with Gasteiger partial charge in [0.25, 0.3) is 0 Å². The van der Waals surface area contributed by atoms with Crippen LogP contribution >= 0.6 is 0 Å². The maximum Gasteiger partial charge on any atom is 0.308 e. The van der Waals surface area contributed by atoms with E-state index in [-0.39, 0.29) is 24.3 Å². The van der Waals surface area contributed by atoms with Crippen LogP contribution < -0.4 is 4.74 Å². The molecule has 5 rings (SSSR count). The van der Waals surface area contributed by atoms with Crippen molar-refractivity contribution in [1.82, 2.24) is 19.4 Å². The van der Waals surface area contributed by atoms with Crippen molar-refractivity contribution in [3.8, 4) is 5.75 Å². The van der Waals surface area contributed by atoms with Crippen molar-refractivity contribution in [2.75, 3.05) is 33.4 Å². The van der Waals surface area contributed by atoms with Gasteiger partial charge >= 0.3 is 5.97 Å². The second-order valence-corrected chi connectivity index (χ2v) is 9.04. The van der Waals surface area contributed by atoms with Gasteiger partial charge in [-0.2, -0.15) is 0 Å². The average molecular weight is 463 g/mol. The van der Waals surface area contributed by atoms with Crippen LogP contribution in [0, 0.1) is 5.92 Å². The second kappa shape index (κ2) is 9.85. The van der Waals surface area contributed by atoms with Crippen LogP contribution in [0.1, 0.15) is 24.0 Å². The third kappa shape index (κ3) is 4.77. The molecule has 1 fully saturated rings. The molecule has 2 aromatic carbocycles. The Balaban J connectivity index is 1.24. The van der Waals surface area contributed by atoms with Crippen LogP contribution in [0.15, 0.2) is 48.8 Å². The van der Waals surface area contributed by atoms with Gasteiger partial charge in [-0.3, -0.25) is 14.5 Å². The van der Waals surface area contributed by atoms with E-state index in [1.165, 1.54) is 12.7 Å². The number of methoxy groups -OCH3 is 1. The Morgan fingerprint density at radius 3 is 2.76 bits per heavy atom. The summed E-state index contributed by atoms with van der Waals surface area (Å²) in [7, 11) is 1.46. The number of ether oxygens (including phenoxy) is 2. The second-order valence-electron chi connectivity index (χ2n) is 9.04. The molecule has 0 aliphatic carbocycles. The molecule has 0 saturated carbocycles. The molecule has 178 valence electrons. The minimum Gasteiger partial charge on any atom is -0.491 e. The fourth-order valence-electron chi connectivity index (χ4n) is 4.89. The molecular weight excluding hydrogens is 432 g/mol. The fourth-order valence-corrected chi connectivity index (χ4v) is 4.89. The Kier molecular flexibility index (Phi) is 6.49. The van der Waals surface area contributed by atoms with Gasteiger partial charge in [0.1, 0.15) is 18.9 Å². The number of fused-ring (bicyclic) bond motifs is 2. The van der Waals surface area contributed by atoms with Crippen molar-refractivity contribution in [2.45, 2.75) is 32.5 Å². The van der Waals surface area contributed by atoms with Gasteiger partial charge in [0.15, 0.2) is 0 Å². The van der Waals surface area contributed by atoms with E-state index in [1.807, 2.05) is 39.8 Å². The average Bonchev–Trinajstić information content (AvgIpc) is 3.14. The molecule has 34 heavy (non-hydrogen) atoms. The number of carbonyl (C=O) groups excluding carboxylic acids is 2. The summed E-state index contributed by atoms with van der Waals surface area (Å²) in [6, 6.07) is 14.1. The number of rotatable bonds is 5. The van der Waals surface area contributed by atoms with Crippen molar-refractivity contribution in [1.29, 1.82) is 0 Å². The topological polar surface area (TPSA) is 76.9 Å². The summed E-state index contributed by atoms with van der Waals surface area (Å²) < 4.78 is 12.7. The van der Waals surface area contributed by atoms with Gasteiger partial charge in [0.2, 0.25) is 5.91 Å². The number of piperidine rings is 1. The highest BCUT2D eigenvalue weighted by molar-refractivity contribution is 5.80. The molecule has 0 N–H and O–H groups in total. The minimum atomic E-state index is -0.102. The van der Waals surface area contributed by atoms with Crippen LogP contribution in [0.5, 0.6) is 5.75 Å². The number of benzene rings is 2. The number of carbonyl (C=O) groups is 2. The number of hydrogen-bond donors (Lipinski definition) is 0. The van der Waals surface area contributed by atoms with Gasteiger partial charge in [0, 0.05) is 18.7 Å². The molecule has 0 bridgehead atoms. The number of para-hydroxylation sites is 2. The molecule has 8 heteroatoms. The van der Waals surface area contributed by atoms with Gasteiger partial charge in [0.05, 0.1) is 36.9 Å². The third-order valence-corrected chi connectivity index (χ3v) is 6.82. The Hall–Kier alpha value is -3.39. The highest BCUT2D eigenvalue weighted by Crippen LogP contribution is 2.27. The number of likely N-dealkylation sites (tertiary alicyclic amines) is 1. The van der Waals surface area contributed by atoms with Crippen molar-refractivity contribution in [3.05, 3.63) is 59.9 Å². The summed E-state index contributed by atoms with van der Waals surface area (Å²) in [5.41, 5.74) is 4.07. The minimum absolute atomic E-state index is 0.00823. The SMILES string of the molecule is COC(=O)C1CCN(Cc2ccc3c(c2)CN(C(=O)Cn2cnc4ccccc42)CCO3)CC1. The van der Waals surface area contributed by atoms with Crippen molar-refractivity contribution in [3.63, 3.8) is 0 Å². The smallest absolute Gasteiger partial charge is 0.308 e. The summed E-state index contributed by atoms with van der Waals surface area (Å²) in [5, 5.41) is 0. The Morgan fingerprint density at radius 2 is 1.94 bits per heavy atom. The Morgan fingerprint density at radius 1 is 1.12 bits per heavy atom. The predicted molar refractivity (Wildman–Crippen MR) is 127 cm³/mol. The highest BCUT2D eigenvalue weighted by Gasteiger charge is 2.26. The van der Waals surface area contributed by atoms with Crippen LogP contribution in [-0.2, 0) is 34.0 Å². The molecule has 8 nitrogen and oxygen atoms in total. The van der Waals surface area contributed by atoms with E-state index in [0.717, 1.165) is 54.8 Å². The lowest BCUT2D eigenvalue weighted by Crippen LogP contribution is -2.36. The van der Waals surface area contributed by atoms with Crippen LogP contribution in [0.2, 0.25) is 0 Å². The van der Waals surface area contributed by atoms with Crippen LogP contribution in [0.3, 0.4) is 0 Å². The first-order valence-electron chi connectivity index (χ1n) is 11.8. The first-order chi connectivity index (χ1) is 16.6. The zero-order valence-electron chi connectivity index (χ0n) is 19.5. The number of aromatic nitrogens is 2. The standard InChI is InChI=1S/C26H30N4O4/c1-33-26(32)20-8-10-28(11-9-20)15-19-6-7-24-21(14-19)16-29(12-13-34-24)25(31)17-30-18-27-22-4-2-3-5-23(22)30/h2-7,14,18,20H,8-13,15-17H2,1H3. The van der Waals surface area contributed by atoms with E-state index >= 15 is 0 Å². The molecule has 0 unspecified atom stereocenters. The van der Waals surface area contributed by atoms with Crippen LogP contribution in [0.25, 0.3) is 11.0 Å². The van der Waals surface area contributed by atoms with E-state index in [2.05, 4.69) is 22.0 Å². The Labute approximate surface area is 199 Å². The maximum absolute atomic E-state index is 13.2. The molecule has 0 radical (unpaired) electrons. The van der Waals surface area contributed by atoms with E-state index in [0.29, 0.717) is 19.7 Å². The third-order valence-electron chi connectivity index (χ3n) is 6.82. The monoisotopic (exact) mass is 462 g/mol. The van der Waals surface area contributed by atoms with Gasteiger partial charge in [-0.05, 0) is 55.8 Å². The summed E-state index contributed by atoms with van der Waals surface area (Å²) in [5.74, 6) is 0.801. The molecule has 1 amide bonds. The number of imidazole rings is 1. The zero-order valence-corrected chi connectivity index (χ0v) is 19.5. The van der Waals surface area contributed by atoms with Gasteiger partial charge < -0.3 is 18.9 Å². The number of esters is 1. The molecule has 1 aromatic heterocycles. The zero-order chi connectivity index (χ0) is 23.5. The normalized spacial score (nSPS) is 17.1. The lowest BCUT2D eigenvalue weighted by molar-refractivity contribution is -0.147. The quantitative estimate of drug-likeness (QED) is 0.543. The summed E-state index contributed by atoms with van der Waals surface area (Å²) >= 11 is 0. The largest absolute Gasteiger partial charge is 0.491 e. The summed E-state index contributed by atoms with van der Waals surface area (Å²) in [4.78, 5) is 33.6. The van der Waals surface area contributed by atoms with Crippen molar-refractivity contribution in [2.24, 2.45) is 5.92 Å². The van der Waals surface area contributed by atoms with Crippen molar-refractivity contribution < 1.29 is 19.1 Å². The van der Waals surface area contributed by atoms with Gasteiger partial charge in [-0.1, -0.05) is 18.2 Å². The van der Waals surface area contributed by atoms with E-state index < -0.39 is 0 Å². The maximum atomic E-state index is 13.2. The number of amides is 1. The molecule has 0 spiro atoms. The molecule has 2 aliphatic heterocycles. The lowest BCUT2D eigenvalue weighted by Gasteiger charge is -2.30. The summed E-state index contributed by atoms with van der Waals surface area (Å²) in [6.07, 6.45) is 3.38. The first kappa shape index (κ1) is 22.4. The number of hydrogen-bond acceptors (Lipinski definition) is 6. The number of nitrogens with zero attached hydrogens (tertiary/aromatic N) is 4. The van der Waals surface area contributed by atoms with E-state index in [9.17, 15) is 9.59 Å². The molecule has 0 atom stereocenters. The van der Waals surface area contributed by atoms with Crippen LogP contribution in [-0.4, -0.2) is 64.6 Å². The van der Waals surface area contributed by atoms with Crippen LogP contribution in [0.4, 0.5) is 0 Å². The lowest BCUT2D eigenvalue weighted by atomic mass is 9.96. The van der Waals surface area contributed by atoms with Crippen molar-refractivity contribution >= 4 is 22.9 Å². The van der Waals surface area contributed by atoms with Gasteiger partial charge in [-0.25, -0.2) is 4.98 Å². The summed E-state index contributed by atoms with van der Waals surface area (Å²) in [6.45, 7) is 4.37. The van der Waals surface area contributed by atoms with E-state index in [1.54, 1.807) is 6.33 Å². The fraction of sp³-hybridized carbons (Fsp3) is 0.423.